The van der Waals surface area contributed by atoms with Crippen molar-refractivity contribution in [3.8, 4) is 0 Å². The minimum absolute atomic E-state index is 0.198. The number of hydrogen-bond donors (Lipinski definition) is 2. The fraction of sp³-hybridized carbons (Fsp3) is 0.825. The second kappa shape index (κ2) is 11.1. The molecule has 1 aromatic rings. The first-order chi connectivity index (χ1) is 20.6. The molecule has 2 N–H and O–H groups in total. The second-order valence-corrected chi connectivity index (χ2v) is 18.4. The molecule has 44 heavy (non-hydrogen) atoms. The highest BCUT2D eigenvalue weighted by atomic mass is 16.4. The van der Waals surface area contributed by atoms with Gasteiger partial charge in [0.15, 0.2) is 0 Å². The van der Waals surface area contributed by atoms with Crippen LogP contribution in [0.5, 0.6) is 0 Å². The van der Waals surface area contributed by atoms with Crippen LogP contribution in [0, 0.1) is 57.2 Å². The van der Waals surface area contributed by atoms with E-state index >= 15 is 0 Å². The van der Waals surface area contributed by atoms with Crippen LogP contribution in [-0.4, -0.2) is 48.7 Å². The maximum atomic E-state index is 11.5. The van der Waals surface area contributed by atoms with Crippen LogP contribution < -0.4 is 5.32 Å². The first kappa shape index (κ1) is 32.5. The summed E-state index contributed by atoms with van der Waals surface area (Å²) in [6.07, 6.45) is 13.6. The Bertz CT molecular complexity index is 1220. The van der Waals surface area contributed by atoms with Crippen LogP contribution in [0.25, 0.3) is 0 Å². The molecule has 1 aromatic carbocycles. The van der Waals surface area contributed by atoms with E-state index in [2.05, 4.69) is 84.9 Å². The Labute approximate surface area is 269 Å². The number of carbonyl (C=O) groups is 1. The predicted molar refractivity (Wildman–Crippen MR) is 182 cm³/mol. The van der Waals surface area contributed by atoms with Gasteiger partial charge in [-0.1, -0.05) is 60.6 Å². The van der Waals surface area contributed by atoms with Crippen LogP contribution in [-0.2, 0) is 0 Å². The summed E-state index contributed by atoms with van der Waals surface area (Å²) in [5.41, 5.74) is 3.46. The van der Waals surface area contributed by atoms with Gasteiger partial charge in [-0.25, -0.2) is 4.79 Å². The smallest absolute Gasteiger partial charge is 0.335 e. The van der Waals surface area contributed by atoms with E-state index in [-0.39, 0.29) is 5.41 Å². The Morgan fingerprint density at radius 2 is 1.57 bits per heavy atom. The molecule has 4 nitrogen and oxygen atoms in total. The van der Waals surface area contributed by atoms with E-state index in [1.54, 1.807) is 0 Å². The van der Waals surface area contributed by atoms with Gasteiger partial charge in [-0.15, -0.1) is 0 Å². The molecule has 0 radical (unpaired) electrons. The number of likely N-dealkylation sites (N-methyl/N-ethyl adjacent to an activating group) is 1. The summed E-state index contributed by atoms with van der Waals surface area (Å²) in [6.45, 7) is 20.7. The highest BCUT2D eigenvalue weighted by molar-refractivity contribution is 5.87. The summed E-state index contributed by atoms with van der Waals surface area (Å²) in [5, 5.41) is 13.7. The Kier molecular flexibility index (Phi) is 8.21. The molecule has 0 amide bonds. The number of carboxylic acid groups (broad SMARTS) is 1. The summed E-state index contributed by atoms with van der Waals surface area (Å²) < 4.78 is 0. The van der Waals surface area contributed by atoms with E-state index in [1.165, 1.54) is 69.8 Å². The van der Waals surface area contributed by atoms with E-state index in [4.69, 9.17) is 0 Å². The van der Waals surface area contributed by atoms with Crippen molar-refractivity contribution in [1.82, 2.24) is 10.2 Å². The highest BCUT2D eigenvalue weighted by Gasteiger charge is 2.70. The summed E-state index contributed by atoms with van der Waals surface area (Å²) in [4.78, 5) is 13.9. The average Bonchev–Trinajstić information content (AvgIpc) is 3.33. The lowest BCUT2D eigenvalue weighted by Crippen LogP contribution is -2.68. The van der Waals surface area contributed by atoms with Gasteiger partial charge in [-0.05, 0) is 159 Å². The molecule has 5 fully saturated rings. The third kappa shape index (κ3) is 4.69. The zero-order chi connectivity index (χ0) is 31.9. The molecule has 0 aromatic heterocycles. The summed E-state index contributed by atoms with van der Waals surface area (Å²) in [7, 11) is 4.42. The van der Waals surface area contributed by atoms with Crippen molar-refractivity contribution >= 4 is 5.97 Å². The molecule has 0 heterocycles. The minimum Gasteiger partial charge on any atom is -0.478 e. The standard InChI is InChI=1S/C40H64N2O2/c1-26(2)29-16-21-40(41-24-25-42(8)9)23-22-38(6)31(34(29)40)14-15-33-37(5)19-17-30(27-10-12-28(13-11-27)35(43)44)36(3,4)32(37)18-20-39(33,38)7/h10-13,26,29-34,41H,14-25H2,1-9H3,(H,43,44)/t29-,30+,31+,32?,33?,34?,37-,38+,39+,40-/m0/s1. The zero-order valence-electron chi connectivity index (χ0n) is 29.6. The first-order valence-corrected chi connectivity index (χ1v) is 18.3. The molecular weight excluding hydrogens is 540 g/mol. The molecule has 0 aliphatic heterocycles. The number of carboxylic acids is 1. The Morgan fingerprint density at radius 1 is 0.864 bits per heavy atom. The molecule has 3 unspecified atom stereocenters. The van der Waals surface area contributed by atoms with Crippen molar-refractivity contribution in [1.29, 1.82) is 0 Å². The van der Waals surface area contributed by atoms with Crippen molar-refractivity contribution in [2.45, 2.75) is 124 Å². The van der Waals surface area contributed by atoms with Gasteiger partial charge >= 0.3 is 5.97 Å². The van der Waals surface area contributed by atoms with Gasteiger partial charge in [0.2, 0.25) is 0 Å². The molecule has 4 heteroatoms. The molecule has 10 atom stereocenters. The van der Waals surface area contributed by atoms with Gasteiger partial charge in [-0.2, -0.15) is 0 Å². The molecule has 246 valence electrons. The number of rotatable bonds is 7. The van der Waals surface area contributed by atoms with Crippen molar-refractivity contribution < 1.29 is 9.90 Å². The zero-order valence-corrected chi connectivity index (χ0v) is 29.6. The molecule has 0 spiro atoms. The normalized spacial score (nSPS) is 44.5. The molecule has 0 bridgehead atoms. The monoisotopic (exact) mass is 604 g/mol. The van der Waals surface area contributed by atoms with Gasteiger partial charge < -0.3 is 15.3 Å². The lowest BCUT2D eigenvalue weighted by atomic mass is 9.32. The van der Waals surface area contributed by atoms with E-state index in [9.17, 15) is 9.90 Å². The number of fused-ring (bicyclic) bond motifs is 7. The fourth-order valence-electron chi connectivity index (χ4n) is 13.7. The van der Waals surface area contributed by atoms with Crippen LogP contribution in [0.15, 0.2) is 24.3 Å². The molecular formula is C40H64N2O2. The van der Waals surface area contributed by atoms with E-state index in [0.717, 1.165) is 42.7 Å². The molecule has 5 saturated carbocycles. The number of hydrogen-bond acceptors (Lipinski definition) is 3. The fourth-order valence-corrected chi connectivity index (χ4v) is 13.7. The maximum absolute atomic E-state index is 11.5. The third-order valence-corrected chi connectivity index (χ3v) is 16.0. The summed E-state index contributed by atoms with van der Waals surface area (Å²) >= 11 is 0. The van der Waals surface area contributed by atoms with Gasteiger partial charge in [0, 0.05) is 18.6 Å². The van der Waals surface area contributed by atoms with Gasteiger partial charge in [0.25, 0.3) is 0 Å². The SMILES string of the molecule is CC(C)[C@@H]1CC[C@]2(NCCN(C)C)CC[C@]3(C)[C@H](CCC4[C@@]5(C)CC[C@H](c6ccc(C(=O)O)cc6)C(C)(C)C5CC[C@]43C)C12. The lowest BCUT2D eigenvalue weighted by Gasteiger charge is -2.73. The molecule has 0 saturated heterocycles. The van der Waals surface area contributed by atoms with Crippen LogP contribution in [0.3, 0.4) is 0 Å². The van der Waals surface area contributed by atoms with Crippen LogP contribution >= 0.6 is 0 Å². The van der Waals surface area contributed by atoms with Crippen LogP contribution in [0.2, 0.25) is 0 Å². The van der Waals surface area contributed by atoms with Crippen LogP contribution in [0.4, 0.5) is 0 Å². The van der Waals surface area contributed by atoms with Crippen molar-refractivity contribution in [2.75, 3.05) is 27.2 Å². The number of benzene rings is 1. The number of nitrogens with zero attached hydrogens (tertiary/aromatic N) is 1. The Balaban J connectivity index is 1.29. The molecule has 6 rings (SSSR count). The van der Waals surface area contributed by atoms with Gasteiger partial charge in [-0.3, -0.25) is 0 Å². The van der Waals surface area contributed by atoms with Crippen molar-refractivity contribution in [2.24, 2.45) is 57.2 Å². The number of aromatic carboxylic acids is 1. The molecule has 5 aliphatic rings. The third-order valence-electron chi connectivity index (χ3n) is 16.0. The van der Waals surface area contributed by atoms with E-state index in [0.29, 0.717) is 39.2 Å². The second-order valence-electron chi connectivity index (χ2n) is 18.4. The lowest BCUT2D eigenvalue weighted by molar-refractivity contribution is -0.235. The van der Waals surface area contributed by atoms with Crippen molar-refractivity contribution in [3.05, 3.63) is 35.4 Å². The highest BCUT2D eigenvalue weighted by Crippen LogP contribution is 2.77. The average molecular weight is 605 g/mol. The maximum Gasteiger partial charge on any atom is 0.335 e. The van der Waals surface area contributed by atoms with Gasteiger partial charge in [0.05, 0.1) is 5.56 Å². The van der Waals surface area contributed by atoms with Gasteiger partial charge in [0.1, 0.15) is 0 Å². The van der Waals surface area contributed by atoms with Crippen LogP contribution in [0.1, 0.15) is 135 Å². The quantitative estimate of drug-likeness (QED) is 0.326. The minimum atomic E-state index is -0.829. The summed E-state index contributed by atoms with van der Waals surface area (Å²) in [6, 6.07) is 7.89. The summed E-state index contributed by atoms with van der Waals surface area (Å²) in [5.74, 6) is 4.41. The van der Waals surface area contributed by atoms with E-state index in [1.807, 2.05) is 12.1 Å². The first-order valence-electron chi connectivity index (χ1n) is 18.3. The predicted octanol–water partition coefficient (Wildman–Crippen LogP) is 9.11. The Hall–Kier alpha value is -1.39. The van der Waals surface area contributed by atoms with E-state index < -0.39 is 5.97 Å². The topological polar surface area (TPSA) is 52.6 Å². The molecule has 5 aliphatic carbocycles. The largest absolute Gasteiger partial charge is 0.478 e. The van der Waals surface area contributed by atoms with Crippen molar-refractivity contribution in [3.63, 3.8) is 0 Å². The number of nitrogens with one attached hydrogen (secondary N) is 1. The Morgan fingerprint density at radius 3 is 2.20 bits per heavy atom.